The van der Waals surface area contributed by atoms with Crippen LogP contribution in [-0.4, -0.2) is 49.8 Å². The van der Waals surface area contributed by atoms with E-state index in [2.05, 4.69) is 18.7 Å². The number of rotatable bonds is 9. The van der Waals surface area contributed by atoms with Gasteiger partial charge in [0.15, 0.2) is 0 Å². The smallest absolute Gasteiger partial charge is 0.323 e. The van der Waals surface area contributed by atoms with Gasteiger partial charge in [0.1, 0.15) is 6.04 Å². The first-order valence-corrected chi connectivity index (χ1v) is 6.53. The molecule has 0 radical (unpaired) electrons. The number of nitrogens with zero attached hydrogens (tertiary/aromatic N) is 1. The van der Waals surface area contributed by atoms with Crippen molar-refractivity contribution >= 4 is 5.97 Å². The number of carbonyl (C=O) groups is 1. The third-order valence-corrected chi connectivity index (χ3v) is 3.06. The summed E-state index contributed by atoms with van der Waals surface area (Å²) in [7, 11) is 1.68. The van der Waals surface area contributed by atoms with Crippen LogP contribution in [0.4, 0.5) is 0 Å². The van der Waals surface area contributed by atoms with Crippen molar-refractivity contribution in [1.29, 1.82) is 0 Å². The molecule has 2 atom stereocenters. The van der Waals surface area contributed by atoms with Crippen LogP contribution in [0.5, 0.6) is 0 Å². The summed E-state index contributed by atoms with van der Waals surface area (Å²) in [6.07, 6.45) is 1.78. The van der Waals surface area contributed by atoms with E-state index in [1.165, 1.54) is 0 Å². The first-order valence-electron chi connectivity index (χ1n) is 6.53. The maximum Gasteiger partial charge on any atom is 0.323 e. The summed E-state index contributed by atoms with van der Waals surface area (Å²) in [6, 6.07) is 0.208. The van der Waals surface area contributed by atoms with Crippen LogP contribution in [0.3, 0.4) is 0 Å². The second-order valence-electron chi connectivity index (χ2n) is 4.16. The minimum Gasteiger partial charge on any atom is -0.465 e. The Balaban J connectivity index is 4.64. The lowest BCUT2D eigenvalue weighted by Crippen LogP contribution is -2.48. The molecule has 4 nitrogen and oxygen atoms in total. The molecule has 0 N–H and O–H groups in total. The molecule has 2 unspecified atom stereocenters. The molecule has 0 amide bonds. The van der Waals surface area contributed by atoms with E-state index in [0.29, 0.717) is 19.3 Å². The number of ether oxygens (including phenoxy) is 2. The average molecular weight is 245 g/mol. The molecular weight excluding hydrogens is 218 g/mol. The van der Waals surface area contributed by atoms with Gasteiger partial charge in [0.25, 0.3) is 0 Å². The zero-order chi connectivity index (χ0) is 13.3. The number of carbonyl (C=O) groups excluding carboxylic acids is 1. The molecular formula is C13H27NO3. The Labute approximate surface area is 105 Å². The highest BCUT2D eigenvalue weighted by molar-refractivity contribution is 5.75. The first-order chi connectivity index (χ1) is 8.12. The van der Waals surface area contributed by atoms with Crippen LogP contribution in [0.15, 0.2) is 0 Å². The fraction of sp³-hybridized carbons (Fsp3) is 0.923. The van der Waals surface area contributed by atoms with Gasteiger partial charge >= 0.3 is 5.97 Å². The van der Waals surface area contributed by atoms with Gasteiger partial charge < -0.3 is 9.47 Å². The van der Waals surface area contributed by atoms with Gasteiger partial charge in [0.05, 0.1) is 13.2 Å². The molecule has 102 valence electrons. The SMILES string of the molecule is CCOC(=O)C(CC)N(CCOC)C(C)CC. The molecule has 17 heavy (non-hydrogen) atoms. The van der Waals surface area contributed by atoms with Crippen molar-refractivity contribution in [3.05, 3.63) is 0 Å². The van der Waals surface area contributed by atoms with E-state index in [4.69, 9.17) is 9.47 Å². The minimum atomic E-state index is -0.153. The molecule has 0 aliphatic heterocycles. The maximum absolute atomic E-state index is 11.9. The summed E-state index contributed by atoms with van der Waals surface area (Å²) < 4.78 is 10.2. The first kappa shape index (κ1) is 16.4. The summed E-state index contributed by atoms with van der Waals surface area (Å²) in [6.45, 7) is 9.97. The topological polar surface area (TPSA) is 38.8 Å². The largest absolute Gasteiger partial charge is 0.465 e. The van der Waals surface area contributed by atoms with E-state index >= 15 is 0 Å². The van der Waals surface area contributed by atoms with Crippen LogP contribution in [-0.2, 0) is 14.3 Å². The Kier molecular flexibility index (Phi) is 9.09. The Morgan fingerprint density at radius 2 is 1.88 bits per heavy atom. The molecule has 0 aliphatic carbocycles. The second-order valence-corrected chi connectivity index (χ2v) is 4.16. The highest BCUT2D eigenvalue weighted by Gasteiger charge is 2.28. The standard InChI is InChI=1S/C13H27NO3/c1-6-11(4)14(9-10-16-5)12(7-2)13(15)17-8-3/h11-12H,6-10H2,1-5H3. The zero-order valence-electron chi connectivity index (χ0n) is 11.9. The van der Waals surface area contributed by atoms with Crippen molar-refractivity contribution in [2.45, 2.75) is 52.6 Å². The van der Waals surface area contributed by atoms with Gasteiger partial charge in [-0.05, 0) is 26.7 Å². The number of hydrogen-bond acceptors (Lipinski definition) is 4. The summed E-state index contributed by atoms with van der Waals surface area (Å²) in [5.41, 5.74) is 0. The molecule has 0 aromatic rings. The Bertz CT molecular complexity index is 209. The van der Waals surface area contributed by atoms with Crippen molar-refractivity contribution in [2.75, 3.05) is 26.9 Å². The van der Waals surface area contributed by atoms with E-state index < -0.39 is 0 Å². The summed E-state index contributed by atoms with van der Waals surface area (Å²) in [4.78, 5) is 14.1. The molecule has 0 aromatic carbocycles. The van der Waals surface area contributed by atoms with Crippen molar-refractivity contribution in [2.24, 2.45) is 0 Å². The lowest BCUT2D eigenvalue weighted by atomic mass is 10.1. The van der Waals surface area contributed by atoms with Crippen molar-refractivity contribution in [1.82, 2.24) is 4.90 Å². The van der Waals surface area contributed by atoms with E-state index in [1.54, 1.807) is 7.11 Å². The van der Waals surface area contributed by atoms with Gasteiger partial charge in [0, 0.05) is 19.7 Å². The second kappa shape index (κ2) is 9.42. The highest BCUT2D eigenvalue weighted by atomic mass is 16.5. The lowest BCUT2D eigenvalue weighted by molar-refractivity contribution is -0.151. The molecule has 0 saturated heterocycles. The van der Waals surface area contributed by atoms with Gasteiger partial charge in [-0.1, -0.05) is 13.8 Å². The molecule has 0 bridgehead atoms. The fourth-order valence-electron chi connectivity index (χ4n) is 1.89. The predicted molar refractivity (Wildman–Crippen MR) is 69.0 cm³/mol. The van der Waals surface area contributed by atoms with Gasteiger partial charge in [-0.25, -0.2) is 0 Å². The Morgan fingerprint density at radius 3 is 2.29 bits per heavy atom. The lowest BCUT2D eigenvalue weighted by Gasteiger charge is -2.34. The summed E-state index contributed by atoms with van der Waals surface area (Å²) >= 11 is 0. The monoisotopic (exact) mass is 245 g/mol. The van der Waals surface area contributed by atoms with Gasteiger partial charge in [-0.15, -0.1) is 0 Å². The molecule has 0 aromatic heterocycles. The quantitative estimate of drug-likeness (QED) is 0.583. The normalized spacial score (nSPS) is 14.7. The third kappa shape index (κ3) is 5.50. The zero-order valence-corrected chi connectivity index (χ0v) is 11.9. The molecule has 0 saturated carbocycles. The van der Waals surface area contributed by atoms with Crippen LogP contribution >= 0.6 is 0 Å². The van der Waals surface area contributed by atoms with Crippen LogP contribution in [0.2, 0.25) is 0 Å². The van der Waals surface area contributed by atoms with Crippen molar-refractivity contribution in [3.8, 4) is 0 Å². The molecule has 0 rings (SSSR count). The van der Waals surface area contributed by atoms with Crippen molar-refractivity contribution < 1.29 is 14.3 Å². The van der Waals surface area contributed by atoms with Crippen LogP contribution in [0.1, 0.15) is 40.5 Å². The number of hydrogen-bond donors (Lipinski definition) is 0. The van der Waals surface area contributed by atoms with Crippen molar-refractivity contribution in [3.63, 3.8) is 0 Å². The molecule has 0 aliphatic rings. The van der Waals surface area contributed by atoms with E-state index in [1.807, 2.05) is 13.8 Å². The van der Waals surface area contributed by atoms with E-state index in [9.17, 15) is 4.79 Å². The van der Waals surface area contributed by atoms with Crippen LogP contribution in [0, 0.1) is 0 Å². The fourth-order valence-corrected chi connectivity index (χ4v) is 1.89. The maximum atomic E-state index is 11.9. The van der Waals surface area contributed by atoms with Crippen LogP contribution in [0.25, 0.3) is 0 Å². The number of esters is 1. The van der Waals surface area contributed by atoms with Gasteiger partial charge in [-0.3, -0.25) is 9.69 Å². The van der Waals surface area contributed by atoms with Gasteiger partial charge in [-0.2, -0.15) is 0 Å². The molecule has 4 heteroatoms. The van der Waals surface area contributed by atoms with E-state index in [-0.39, 0.29) is 12.0 Å². The third-order valence-electron chi connectivity index (χ3n) is 3.06. The molecule has 0 spiro atoms. The van der Waals surface area contributed by atoms with Crippen LogP contribution < -0.4 is 0 Å². The van der Waals surface area contributed by atoms with Gasteiger partial charge in [0.2, 0.25) is 0 Å². The molecule has 0 fully saturated rings. The molecule has 0 heterocycles. The minimum absolute atomic E-state index is 0.119. The summed E-state index contributed by atoms with van der Waals surface area (Å²) in [5, 5.41) is 0. The Morgan fingerprint density at radius 1 is 1.24 bits per heavy atom. The van der Waals surface area contributed by atoms with E-state index in [0.717, 1.165) is 19.4 Å². The highest BCUT2D eigenvalue weighted by Crippen LogP contribution is 2.13. The Hall–Kier alpha value is -0.610. The predicted octanol–water partition coefficient (Wildman–Crippen LogP) is 2.07. The summed E-state index contributed by atoms with van der Waals surface area (Å²) in [5.74, 6) is -0.119. The average Bonchev–Trinajstić information content (AvgIpc) is 2.33. The number of methoxy groups -OCH3 is 1.